The molecule has 0 fully saturated rings. The summed E-state index contributed by atoms with van der Waals surface area (Å²) in [5.41, 5.74) is 9.38. The Labute approximate surface area is 158 Å². The number of para-hydroxylation sites is 2. The third-order valence-corrected chi connectivity index (χ3v) is 5.25. The van der Waals surface area contributed by atoms with Gasteiger partial charge >= 0.3 is 0 Å². The van der Waals surface area contributed by atoms with Crippen molar-refractivity contribution in [1.82, 2.24) is 29.9 Å². The number of aromatic nitrogens is 6. The Balaban J connectivity index is 1.61. The molecule has 7 nitrogen and oxygen atoms in total. The van der Waals surface area contributed by atoms with Crippen LogP contribution in [0.4, 0.5) is 5.69 Å². The Hall–Kier alpha value is -3.52. The fourth-order valence-corrected chi connectivity index (χ4v) is 3.83. The van der Waals surface area contributed by atoms with Gasteiger partial charge in [0, 0.05) is 16.5 Å². The summed E-state index contributed by atoms with van der Waals surface area (Å²) in [5.74, 6) is 0.509. The van der Waals surface area contributed by atoms with E-state index < -0.39 is 0 Å². The average Bonchev–Trinajstić information content (AvgIpc) is 3.14. The zero-order chi connectivity index (χ0) is 18.2. The van der Waals surface area contributed by atoms with Gasteiger partial charge in [-0.05, 0) is 24.3 Å². The van der Waals surface area contributed by atoms with Crippen LogP contribution in [0.3, 0.4) is 0 Å². The molecule has 130 valence electrons. The van der Waals surface area contributed by atoms with Crippen molar-refractivity contribution in [3.8, 4) is 5.82 Å². The molecule has 0 atom stereocenters. The molecular formula is C19H13N7S. The van der Waals surface area contributed by atoms with Gasteiger partial charge < -0.3 is 5.73 Å². The van der Waals surface area contributed by atoms with Crippen LogP contribution in [0.25, 0.3) is 27.8 Å². The van der Waals surface area contributed by atoms with Gasteiger partial charge in [-0.1, -0.05) is 47.3 Å². The lowest BCUT2D eigenvalue weighted by molar-refractivity contribution is 0.793. The predicted molar refractivity (Wildman–Crippen MR) is 105 cm³/mol. The maximum Gasteiger partial charge on any atom is 0.183 e. The van der Waals surface area contributed by atoms with E-state index in [4.69, 9.17) is 5.73 Å². The van der Waals surface area contributed by atoms with Crippen molar-refractivity contribution in [3.05, 3.63) is 67.1 Å². The quantitative estimate of drug-likeness (QED) is 0.485. The van der Waals surface area contributed by atoms with Crippen LogP contribution in [0.1, 0.15) is 0 Å². The topological polar surface area (TPSA) is 95.4 Å². The van der Waals surface area contributed by atoms with Crippen LogP contribution in [0.15, 0.2) is 77.0 Å². The van der Waals surface area contributed by atoms with E-state index in [2.05, 4.69) is 25.3 Å². The molecule has 3 aromatic heterocycles. The zero-order valence-corrected chi connectivity index (χ0v) is 14.8. The molecule has 0 bridgehead atoms. The average molecular weight is 371 g/mol. The number of pyridine rings is 1. The first-order valence-electron chi connectivity index (χ1n) is 8.24. The number of hydrogen-bond donors (Lipinski definition) is 1. The zero-order valence-electron chi connectivity index (χ0n) is 14.0. The molecule has 3 heterocycles. The molecule has 0 aliphatic heterocycles. The molecule has 5 aromatic rings. The van der Waals surface area contributed by atoms with Crippen molar-refractivity contribution in [1.29, 1.82) is 0 Å². The fraction of sp³-hybridized carbons (Fsp3) is 0. The van der Waals surface area contributed by atoms with E-state index in [1.54, 1.807) is 10.9 Å². The third-order valence-electron chi connectivity index (χ3n) is 4.18. The van der Waals surface area contributed by atoms with E-state index in [1.165, 1.54) is 18.1 Å². The second-order valence-corrected chi connectivity index (χ2v) is 6.87. The minimum absolute atomic E-state index is 0.450. The maximum atomic E-state index is 6.40. The van der Waals surface area contributed by atoms with Crippen molar-refractivity contribution in [2.75, 3.05) is 5.73 Å². The third kappa shape index (κ3) is 2.67. The number of hydrogen-bond acceptors (Lipinski definition) is 7. The van der Waals surface area contributed by atoms with Crippen molar-refractivity contribution < 1.29 is 0 Å². The Bertz CT molecular complexity index is 1280. The highest BCUT2D eigenvalue weighted by Gasteiger charge is 2.16. The standard InChI is InChI=1S/C19H13N7S/c20-16-18(26-14-8-2-1-7-13(14)24-25-26)22-11-23-19(16)27-15-9-3-5-12-6-4-10-21-17(12)15/h1-11H,20H2. The monoisotopic (exact) mass is 371 g/mol. The van der Waals surface area contributed by atoms with E-state index in [-0.39, 0.29) is 0 Å². The van der Waals surface area contributed by atoms with E-state index in [0.717, 1.165) is 26.8 Å². The molecule has 27 heavy (non-hydrogen) atoms. The molecule has 0 saturated carbocycles. The summed E-state index contributed by atoms with van der Waals surface area (Å²) in [6.07, 6.45) is 3.27. The molecule has 5 rings (SSSR count). The van der Waals surface area contributed by atoms with Gasteiger partial charge in [-0.2, -0.15) is 4.68 Å². The minimum Gasteiger partial charge on any atom is -0.393 e. The summed E-state index contributed by atoms with van der Waals surface area (Å²) in [4.78, 5) is 14.2. The van der Waals surface area contributed by atoms with E-state index in [1.807, 2.05) is 54.6 Å². The van der Waals surface area contributed by atoms with Gasteiger partial charge in [-0.3, -0.25) is 4.98 Å². The lowest BCUT2D eigenvalue weighted by Crippen LogP contribution is -2.06. The van der Waals surface area contributed by atoms with Crippen LogP contribution in [0.2, 0.25) is 0 Å². The van der Waals surface area contributed by atoms with Crippen LogP contribution in [-0.2, 0) is 0 Å². The van der Waals surface area contributed by atoms with Crippen molar-refractivity contribution in [2.45, 2.75) is 9.92 Å². The normalized spacial score (nSPS) is 11.3. The summed E-state index contributed by atoms with van der Waals surface area (Å²) in [6.45, 7) is 0. The first kappa shape index (κ1) is 15.7. The van der Waals surface area contributed by atoms with E-state index >= 15 is 0 Å². The van der Waals surface area contributed by atoms with Crippen molar-refractivity contribution in [2.24, 2.45) is 0 Å². The van der Waals surface area contributed by atoms with Crippen LogP contribution < -0.4 is 5.73 Å². The van der Waals surface area contributed by atoms with Gasteiger partial charge in [0.1, 0.15) is 22.6 Å². The van der Waals surface area contributed by atoms with Gasteiger partial charge in [0.2, 0.25) is 0 Å². The van der Waals surface area contributed by atoms with Gasteiger partial charge in [0.05, 0.1) is 11.0 Å². The summed E-state index contributed by atoms with van der Waals surface area (Å²) >= 11 is 1.46. The molecule has 0 aliphatic rings. The Morgan fingerprint density at radius 1 is 0.889 bits per heavy atom. The highest BCUT2D eigenvalue weighted by molar-refractivity contribution is 7.99. The Morgan fingerprint density at radius 2 is 1.78 bits per heavy atom. The molecule has 2 aromatic carbocycles. The molecular weight excluding hydrogens is 358 g/mol. The van der Waals surface area contributed by atoms with Crippen LogP contribution in [-0.4, -0.2) is 29.9 Å². The molecule has 0 saturated heterocycles. The predicted octanol–water partition coefficient (Wildman–Crippen LogP) is 3.49. The smallest absolute Gasteiger partial charge is 0.183 e. The number of nitrogens with zero attached hydrogens (tertiary/aromatic N) is 6. The molecule has 0 radical (unpaired) electrons. The maximum absolute atomic E-state index is 6.40. The van der Waals surface area contributed by atoms with Crippen LogP contribution in [0, 0.1) is 0 Å². The van der Waals surface area contributed by atoms with Crippen molar-refractivity contribution in [3.63, 3.8) is 0 Å². The molecule has 0 amide bonds. The SMILES string of the molecule is Nc1c(Sc2cccc3cccnc23)ncnc1-n1nnc2ccccc21. The summed E-state index contributed by atoms with van der Waals surface area (Å²) in [6, 6.07) is 17.7. The number of anilines is 1. The second-order valence-electron chi connectivity index (χ2n) is 5.84. The van der Waals surface area contributed by atoms with Crippen molar-refractivity contribution >= 4 is 39.4 Å². The molecule has 0 aliphatic carbocycles. The largest absolute Gasteiger partial charge is 0.393 e. The van der Waals surface area contributed by atoms with Gasteiger partial charge in [0.15, 0.2) is 5.82 Å². The number of fused-ring (bicyclic) bond motifs is 2. The number of nitrogen functional groups attached to an aromatic ring is 1. The number of nitrogens with two attached hydrogens (primary N) is 1. The fourth-order valence-electron chi connectivity index (χ4n) is 2.91. The van der Waals surface area contributed by atoms with E-state index in [9.17, 15) is 0 Å². The summed E-state index contributed by atoms with van der Waals surface area (Å²) < 4.78 is 1.64. The molecule has 0 spiro atoms. The highest BCUT2D eigenvalue weighted by Crippen LogP contribution is 2.35. The minimum atomic E-state index is 0.450. The first-order chi connectivity index (χ1) is 13.3. The van der Waals surface area contributed by atoms with E-state index in [0.29, 0.717) is 16.5 Å². The number of rotatable bonds is 3. The van der Waals surface area contributed by atoms with Gasteiger partial charge in [-0.25, -0.2) is 9.97 Å². The number of benzene rings is 2. The van der Waals surface area contributed by atoms with Crippen LogP contribution in [0.5, 0.6) is 0 Å². The first-order valence-corrected chi connectivity index (χ1v) is 9.06. The summed E-state index contributed by atoms with van der Waals surface area (Å²) in [7, 11) is 0. The molecule has 2 N–H and O–H groups in total. The highest BCUT2D eigenvalue weighted by atomic mass is 32.2. The van der Waals surface area contributed by atoms with Gasteiger partial charge in [0.25, 0.3) is 0 Å². The molecule has 0 unspecified atom stereocenters. The van der Waals surface area contributed by atoms with Crippen LogP contribution >= 0.6 is 11.8 Å². The Kier molecular flexibility index (Phi) is 3.68. The second kappa shape index (κ2) is 6.33. The lowest BCUT2D eigenvalue weighted by Gasteiger charge is -2.10. The van der Waals surface area contributed by atoms with Gasteiger partial charge in [-0.15, -0.1) is 5.10 Å². The molecule has 8 heteroatoms. The summed E-state index contributed by atoms with van der Waals surface area (Å²) in [5, 5.41) is 10.1. The lowest BCUT2D eigenvalue weighted by atomic mass is 10.2. The Morgan fingerprint density at radius 3 is 2.74 bits per heavy atom.